The molecule has 170 valence electrons. The average Bonchev–Trinajstić information content (AvgIpc) is 3.30. The molecule has 3 heteroatoms. The van der Waals surface area contributed by atoms with Crippen molar-refractivity contribution < 1.29 is 4.42 Å². The molecule has 0 bridgehead atoms. The van der Waals surface area contributed by atoms with Crippen molar-refractivity contribution in [2.45, 2.75) is 37.8 Å². The summed E-state index contributed by atoms with van der Waals surface area (Å²) in [6, 6.07) is 22.4. The van der Waals surface area contributed by atoms with Crippen LogP contribution in [-0.2, 0) is 0 Å². The van der Waals surface area contributed by atoms with Crippen LogP contribution in [0.15, 0.2) is 96.0 Å². The van der Waals surface area contributed by atoms with Crippen molar-refractivity contribution in [2.75, 3.05) is 4.90 Å². The highest BCUT2D eigenvalue weighted by molar-refractivity contribution is 6.15. The van der Waals surface area contributed by atoms with Crippen LogP contribution in [0.5, 0.6) is 0 Å². The van der Waals surface area contributed by atoms with Crippen LogP contribution in [0.25, 0.3) is 27.5 Å². The predicted molar refractivity (Wildman–Crippen MR) is 146 cm³/mol. The maximum absolute atomic E-state index is 6.51. The number of anilines is 1. The molecule has 8 rings (SSSR count). The fourth-order valence-corrected chi connectivity index (χ4v) is 7.08. The smallest absolute Gasteiger partial charge is 0.255 e. The van der Waals surface area contributed by atoms with E-state index >= 15 is 0 Å². The van der Waals surface area contributed by atoms with Gasteiger partial charge in [0.25, 0.3) is 5.69 Å². The lowest BCUT2D eigenvalue weighted by molar-refractivity contribution is 0.342. The fourth-order valence-electron chi connectivity index (χ4n) is 7.08. The minimum absolute atomic E-state index is 0.201. The molecule has 4 aromatic rings. The number of benzene rings is 3. The third-order valence-corrected chi connectivity index (χ3v) is 8.55. The highest BCUT2D eigenvalue weighted by atomic mass is 16.3. The normalized spacial score (nSPS) is 24.6. The lowest BCUT2D eigenvalue weighted by Gasteiger charge is -2.50. The van der Waals surface area contributed by atoms with Gasteiger partial charge in [0.05, 0.1) is 0 Å². The van der Waals surface area contributed by atoms with Gasteiger partial charge in [-0.3, -0.25) is 0 Å². The highest BCUT2D eigenvalue weighted by Crippen LogP contribution is 2.53. The van der Waals surface area contributed by atoms with Crippen LogP contribution in [0.1, 0.15) is 31.2 Å². The minimum atomic E-state index is 0.201. The summed E-state index contributed by atoms with van der Waals surface area (Å²) in [5.74, 6) is 0.539. The number of nitrogens with zero attached hydrogens (tertiary/aromatic N) is 2. The molecule has 35 heavy (non-hydrogen) atoms. The molecule has 2 aliphatic heterocycles. The van der Waals surface area contributed by atoms with E-state index in [9.17, 15) is 0 Å². The summed E-state index contributed by atoms with van der Waals surface area (Å²) in [5, 5.41) is 2.33. The zero-order valence-electron chi connectivity index (χ0n) is 19.7. The van der Waals surface area contributed by atoms with E-state index in [-0.39, 0.29) is 6.04 Å². The zero-order chi connectivity index (χ0) is 23.1. The van der Waals surface area contributed by atoms with E-state index in [0.717, 1.165) is 27.6 Å². The van der Waals surface area contributed by atoms with E-state index < -0.39 is 0 Å². The number of para-hydroxylation sites is 3. The Balaban J connectivity index is 1.46. The van der Waals surface area contributed by atoms with Crippen LogP contribution in [0.3, 0.4) is 0 Å². The van der Waals surface area contributed by atoms with Crippen molar-refractivity contribution in [1.82, 2.24) is 4.58 Å². The number of fused-ring (bicyclic) bond motifs is 7. The van der Waals surface area contributed by atoms with Gasteiger partial charge in [-0.05, 0) is 30.5 Å². The number of hydrogen-bond acceptors (Lipinski definition) is 2. The molecular weight excluding hydrogens is 428 g/mol. The molecule has 3 nitrogen and oxygen atoms in total. The molecule has 1 aromatic heterocycles. The van der Waals surface area contributed by atoms with Crippen LogP contribution in [-0.4, -0.2) is 17.8 Å². The molecule has 2 aliphatic carbocycles. The maximum atomic E-state index is 6.51. The van der Waals surface area contributed by atoms with E-state index in [0.29, 0.717) is 12.0 Å². The largest absolute Gasteiger partial charge is 0.449 e. The molecule has 3 unspecified atom stereocenters. The van der Waals surface area contributed by atoms with E-state index in [2.05, 4.69) is 95.0 Å². The first-order valence-electron chi connectivity index (χ1n) is 12.8. The SMILES string of the molecule is C=C1c2cccc3c2N(C2C=CC=CC2=[N+]3c2cccc3c2oc2ccccc23)C2CCCCC12. The minimum Gasteiger partial charge on any atom is -0.449 e. The number of allylic oxidation sites excluding steroid dienone is 2. The molecular formula is C32H27N2O+. The Morgan fingerprint density at radius 3 is 2.66 bits per heavy atom. The molecule has 3 aromatic carbocycles. The van der Waals surface area contributed by atoms with E-state index in [1.807, 2.05) is 6.07 Å². The van der Waals surface area contributed by atoms with Gasteiger partial charge >= 0.3 is 0 Å². The second-order valence-electron chi connectivity index (χ2n) is 10.3. The van der Waals surface area contributed by atoms with Crippen LogP contribution in [0, 0.1) is 5.92 Å². The Labute approximate surface area is 205 Å². The standard InChI is InChI=1S/C32H27N2O/c1-20-21-10-2-4-14-25(21)34-27-16-6-5-15-26(27)33(28-17-8-12-22(20)31(28)34)29-18-9-13-24-23-11-3-7-19-30(23)35-32(24)29/h3,5-9,11-13,15-19,21,25,27H,1-2,4,10,14H2/q+1. The molecule has 3 atom stereocenters. The Kier molecular flexibility index (Phi) is 3.94. The van der Waals surface area contributed by atoms with Crippen molar-refractivity contribution in [2.24, 2.45) is 5.92 Å². The summed E-state index contributed by atoms with van der Waals surface area (Å²) in [5.41, 5.74) is 9.47. The first-order chi connectivity index (χ1) is 17.3. The quantitative estimate of drug-likeness (QED) is 0.273. The molecule has 4 aliphatic rings. The van der Waals surface area contributed by atoms with Gasteiger partial charge in [0.1, 0.15) is 17.3 Å². The van der Waals surface area contributed by atoms with Crippen molar-refractivity contribution >= 4 is 50.3 Å². The summed E-state index contributed by atoms with van der Waals surface area (Å²) >= 11 is 0. The Bertz CT molecular complexity index is 1650. The van der Waals surface area contributed by atoms with Crippen LogP contribution < -0.4 is 9.48 Å². The summed E-state index contributed by atoms with van der Waals surface area (Å²) in [6.07, 6.45) is 14.1. The third kappa shape index (κ3) is 2.53. The molecule has 3 heterocycles. The van der Waals surface area contributed by atoms with Crippen molar-refractivity contribution in [1.29, 1.82) is 0 Å². The third-order valence-electron chi connectivity index (χ3n) is 8.55. The number of rotatable bonds is 1. The van der Waals surface area contributed by atoms with Gasteiger partial charge in [-0.1, -0.05) is 74.0 Å². The number of hydrogen-bond donors (Lipinski definition) is 0. The Morgan fingerprint density at radius 2 is 1.69 bits per heavy atom. The van der Waals surface area contributed by atoms with Crippen LogP contribution in [0.2, 0.25) is 0 Å². The van der Waals surface area contributed by atoms with Gasteiger partial charge in [0, 0.05) is 46.5 Å². The van der Waals surface area contributed by atoms with Gasteiger partial charge < -0.3 is 9.32 Å². The molecule has 0 radical (unpaired) electrons. The van der Waals surface area contributed by atoms with Gasteiger partial charge in [-0.2, -0.15) is 4.58 Å². The maximum Gasteiger partial charge on any atom is 0.255 e. The lowest BCUT2D eigenvalue weighted by Crippen LogP contribution is -2.57. The summed E-state index contributed by atoms with van der Waals surface area (Å²) < 4.78 is 8.95. The fraction of sp³-hybridized carbons (Fsp3) is 0.219. The number of furan rings is 1. The summed E-state index contributed by atoms with van der Waals surface area (Å²) in [4.78, 5) is 2.73. The van der Waals surface area contributed by atoms with Gasteiger partial charge in [-0.25, -0.2) is 0 Å². The Morgan fingerprint density at radius 1 is 0.857 bits per heavy atom. The first-order valence-corrected chi connectivity index (χ1v) is 12.8. The van der Waals surface area contributed by atoms with Gasteiger partial charge in [0.15, 0.2) is 0 Å². The molecule has 0 saturated heterocycles. The first kappa shape index (κ1) is 19.5. The lowest BCUT2D eigenvalue weighted by atomic mass is 9.72. The summed E-state index contributed by atoms with van der Waals surface area (Å²) in [7, 11) is 0. The molecule has 1 saturated carbocycles. The predicted octanol–water partition coefficient (Wildman–Crippen LogP) is 7.76. The Hall–Kier alpha value is -3.85. The van der Waals surface area contributed by atoms with E-state index in [1.165, 1.54) is 53.9 Å². The zero-order valence-corrected chi connectivity index (χ0v) is 19.7. The van der Waals surface area contributed by atoms with Crippen molar-refractivity contribution in [3.8, 4) is 0 Å². The second kappa shape index (κ2) is 7.08. The molecule has 0 amide bonds. The topological polar surface area (TPSA) is 19.4 Å². The van der Waals surface area contributed by atoms with Crippen molar-refractivity contribution in [3.63, 3.8) is 0 Å². The average molecular weight is 456 g/mol. The highest BCUT2D eigenvalue weighted by Gasteiger charge is 2.49. The van der Waals surface area contributed by atoms with Crippen molar-refractivity contribution in [3.05, 3.63) is 97.1 Å². The molecule has 0 N–H and O–H groups in total. The second-order valence-corrected chi connectivity index (χ2v) is 10.3. The van der Waals surface area contributed by atoms with Gasteiger partial charge in [0.2, 0.25) is 17.0 Å². The van der Waals surface area contributed by atoms with E-state index in [1.54, 1.807) is 0 Å². The van der Waals surface area contributed by atoms with Crippen LogP contribution in [0.4, 0.5) is 17.1 Å². The van der Waals surface area contributed by atoms with Gasteiger partial charge in [-0.15, -0.1) is 0 Å². The summed E-state index contributed by atoms with van der Waals surface area (Å²) in [6.45, 7) is 4.65. The van der Waals surface area contributed by atoms with E-state index in [4.69, 9.17) is 4.42 Å². The monoisotopic (exact) mass is 455 g/mol. The molecule has 0 spiro atoms. The van der Waals surface area contributed by atoms with Crippen LogP contribution >= 0.6 is 0 Å². The molecule has 1 fully saturated rings.